The van der Waals surface area contributed by atoms with Crippen LogP contribution in [0.2, 0.25) is 0 Å². The van der Waals surface area contributed by atoms with Crippen molar-refractivity contribution in [3.8, 4) is 0 Å². The fourth-order valence-corrected chi connectivity index (χ4v) is 7.71. The van der Waals surface area contributed by atoms with Crippen LogP contribution in [0.4, 0.5) is 0 Å². The summed E-state index contributed by atoms with van der Waals surface area (Å²) in [6.07, 6.45) is 39.9. The van der Waals surface area contributed by atoms with Crippen LogP contribution in [0.25, 0.3) is 0 Å². The Kier molecular flexibility index (Phi) is 38.0. The number of carbonyl (C=O) groups excluding carboxylic acids is 1. The average Bonchev–Trinajstić information content (AvgIpc) is 3.24. The second kappa shape index (κ2) is 40.6. The third-order valence-corrected chi connectivity index (χ3v) is 11.4. The first-order valence-corrected chi connectivity index (χ1v) is 25.8. The van der Waals surface area contributed by atoms with Crippen molar-refractivity contribution in [3.05, 3.63) is 48.6 Å². The van der Waals surface area contributed by atoms with E-state index >= 15 is 0 Å². The van der Waals surface area contributed by atoms with E-state index in [0.29, 0.717) is 13.0 Å². The van der Waals surface area contributed by atoms with E-state index in [1.54, 1.807) is 0 Å². The zero-order valence-corrected chi connectivity index (χ0v) is 39.5. The van der Waals surface area contributed by atoms with Gasteiger partial charge >= 0.3 is 16.4 Å². The lowest BCUT2D eigenvalue weighted by Gasteiger charge is -2.41. The molecular formula is C49H88O12S. The van der Waals surface area contributed by atoms with Gasteiger partial charge in [-0.3, -0.25) is 9.35 Å². The third-order valence-electron chi connectivity index (χ3n) is 10.9. The molecule has 1 heterocycles. The number of rotatable bonds is 42. The quantitative estimate of drug-likeness (QED) is 0.0198. The molecule has 0 aromatic heterocycles. The van der Waals surface area contributed by atoms with Crippen molar-refractivity contribution in [2.45, 2.75) is 230 Å². The standard InChI is InChI=1S/C49H88O12S/c1-3-5-7-9-11-13-15-17-19-20-21-22-23-25-27-29-31-33-35-37-39-57-41-43(42-58-49-47(53)48(61-62(54,55)56)46(52)44(40-50)60-49)59-45(51)38-36-34-32-30-28-26-24-18-16-14-12-10-8-6-4-2/h11-14,17-19,24,43-44,46-50,52-53H,3-10,15-16,20-23,25-42H2,1-2H3,(H,54,55,56)/b13-11-,14-12-,19-17-,24-18-. The molecule has 0 aliphatic carbocycles. The first-order valence-electron chi connectivity index (χ1n) is 24.4. The highest BCUT2D eigenvalue weighted by Crippen LogP contribution is 2.26. The molecule has 1 rings (SSSR count). The number of aliphatic hydroxyl groups excluding tert-OH is 3. The monoisotopic (exact) mass is 901 g/mol. The van der Waals surface area contributed by atoms with Gasteiger partial charge in [-0.05, 0) is 77.0 Å². The maximum atomic E-state index is 12.9. The van der Waals surface area contributed by atoms with Crippen molar-refractivity contribution < 1.29 is 56.2 Å². The fraction of sp³-hybridized carbons (Fsp3) is 0.816. The Hall–Kier alpha value is -1.94. The average molecular weight is 901 g/mol. The second-order valence-electron chi connectivity index (χ2n) is 16.7. The first-order chi connectivity index (χ1) is 30.1. The van der Waals surface area contributed by atoms with Crippen molar-refractivity contribution >= 4 is 16.4 Å². The van der Waals surface area contributed by atoms with Crippen LogP contribution in [0.5, 0.6) is 0 Å². The molecule has 362 valence electrons. The molecule has 6 unspecified atom stereocenters. The summed E-state index contributed by atoms with van der Waals surface area (Å²) in [4.78, 5) is 12.9. The lowest BCUT2D eigenvalue weighted by Crippen LogP contribution is -2.60. The Morgan fingerprint density at radius 3 is 1.53 bits per heavy atom. The van der Waals surface area contributed by atoms with Gasteiger partial charge < -0.3 is 34.3 Å². The molecule has 0 bridgehead atoms. The Morgan fingerprint density at radius 1 is 0.613 bits per heavy atom. The summed E-state index contributed by atoms with van der Waals surface area (Å²) in [6, 6.07) is 0. The van der Waals surface area contributed by atoms with E-state index in [1.807, 2.05) is 0 Å². The van der Waals surface area contributed by atoms with Gasteiger partial charge in [-0.25, -0.2) is 4.18 Å². The van der Waals surface area contributed by atoms with Crippen LogP contribution in [-0.2, 0) is 38.3 Å². The molecule has 13 heteroatoms. The molecule has 0 aromatic carbocycles. The van der Waals surface area contributed by atoms with Crippen LogP contribution in [0, 0.1) is 0 Å². The normalized spacial score (nSPS) is 20.4. The molecule has 0 amide bonds. The highest BCUT2D eigenvalue weighted by molar-refractivity contribution is 7.80. The topological polar surface area (TPSA) is 178 Å². The first kappa shape index (κ1) is 58.1. The van der Waals surface area contributed by atoms with Gasteiger partial charge in [0.2, 0.25) is 0 Å². The fourth-order valence-electron chi connectivity index (χ4n) is 7.20. The van der Waals surface area contributed by atoms with Crippen LogP contribution in [0.15, 0.2) is 48.6 Å². The molecule has 1 fully saturated rings. The van der Waals surface area contributed by atoms with Crippen molar-refractivity contribution in [2.24, 2.45) is 0 Å². The molecule has 62 heavy (non-hydrogen) atoms. The summed E-state index contributed by atoms with van der Waals surface area (Å²) in [5.41, 5.74) is 0. The number of hydrogen-bond donors (Lipinski definition) is 4. The predicted octanol–water partition coefficient (Wildman–Crippen LogP) is 10.7. The number of unbranched alkanes of at least 4 members (excludes halogenated alkanes) is 21. The maximum absolute atomic E-state index is 12.9. The minimum Gasteiger partial charge on any atom is -0.457 e. The lowest BCUT2D eigenvalue weighted by molar-refractivity contribution is -0.301. The SMILES string of the molecule is CCCCC/C=C\C/C=C\CCCCCCCCCCCCOCC(COC1OC(CO)C(O)C(OS(=O)(=O)O)C1O)OC(=O)CCCCCCC/C=C\C/C=C\CCCCC. The van der Waals surface area contributed by atoms with Crippen LogP contribution in [0.3, 0.4) is 0 Å². The molecule has 1 aliphatic heterocycles. The Labute approximate surface area is 376 Å². The Morgan fingerprint density at radius 2 is 1.06 bits per heavy atom. The van der Waals surface area contributed by atoms with Crippen molar-refractivity contribution in [3.63, 3.8) is 0 Å². The molecule has 1 aliphatic rings. The van der Waals surface area contributed by atoms with E-state index in [9.17, 15) is 33.1 Å². The van der Waals surface area contributed by atoms with Gasteiger partial charge in [-0.1, -0.05) is 159 Å². The number of aliphatic hydroxyl groups is 3. The zero-order chi connectivity index (χ0) is 45.4. The minimum atomic E-state index is -5.07. The van der Waals surface area contributed by atoms with E-state index in [1.165, 1.54) is 96.3 Å². The molecule has 1 saturated heterocycles. The number of hydrogen-bond acceptors (Lipinski definition) is 11. The van der Waals surface area contributed by atoms with Crippen molar-refractivity contribution in [2.75, 3.05) is 26.4 Å². The number of carbonyl (C=O) groups is 1. The number of esters is 1. The highest BCUT2D eigenvalue weighted by Gasteiger charge is 2.48. The summed E-state index contributed by atoms with van der Waals surface area (Å²) in [5.74, 6) is -0.414. The summed E-state index contributed by atoms with van der Waals surface area (Å²) in [5, 5.41) is 30.7. The van der Waals surface area contributed by atoms with Gasteiger partial charge in [-0.2, -0.15) is 8.42 Å². The number of allylic oxidation sites excluding steroid dienone is 8. The van der Waals surface area contributed by atoms with Crippen LogP contribution < -0.4 is 0 Å². The lowest BCUT2D eigenvalue weighted by atomic mass is 9.99. The highest BCUT2D eigenvalue weighted by atomic mass is 32.3. The van der Waals surface area contributed by atoms with Gasteiger partial charge in [0.1, 0.15) is 30.5 Å². The predicted molar refractivity (Wildman–Crippen MR) is 248 cm³/mol. The van der Waals surface area contributed by atoms with Gasteiger partial charge in [-0.15, -0.1) is 0 Å². The van der Waals surface area contributed by atoms with E-state index in [4.69, 9.17) is 18.9 Å². The molecule has 6 atom stereocenters. The molecule has 0 spiro atoms. The Bertz CT molecular complexity index is 1270. The summed E-state index contributed by atoms with van der Waals surface area (Å²) < 4.78 is 59.1. The maximum Gasteiger partial charge on any atom is 0.397 e. The zero-order valence-electron chi connectivity index (χ0n) is 38.7. The molecular weight excluding hydrogens is 813 g/mol. The minimum absolute atomic E-state index is 0.0275. The number of ether oxygens (including phenoxy) is 4. The van der Waals surface area contributed by atoms with Gasteiger partial charge in [0.25, 0.3) is 0 Å². The van der Waals surface area contributed by atoms with Crippen molar-refractivity contribution in [1.29, 1.82) is 0 Å². The van der Waals surface area contributed by atoms with Gasteiger partial charge in [0.05, 0.1) is 19.8 Å². The van der Waals surface area contributed by atoms with Gasteiger partial charge in [0, 0.05) is 13.0 Å². The van der Waals surface area contributed by atoms with Crippen LogP contribution >= 0.6 is 0 Å². The third kappa shape index (κ3) is 33.6. The summed E-state index contributed by atoms with van der Waals surface area (Å²) >= 11 is 0. The molecule has 0 radical (unpaired) electrons. The van der Waals surface area contributed by atoms with E-state index in [0.717, 1.165) is 70.6 Å². The molecule has 12 nitrogen and oxygen atoms in total. The molecule has 4 N–H and O–H groups in total. The van der Waals surface area contributed by atoms with Crippen LogP contribution in [0.1, 0.15) is 194 Å². The van der Waals surface area contributed by atoms with E-state index in [-0.39, 0.29) is 19.6 Å². The van der Waals surface area contributed by atoms with Gasteiger partial charge in [0.15, 0.2) is 6.29 Å². The smallest absolute Gasteiger partial charge is 0.397 e. The Balaban J connectivity index is 2.39. The summed E-state index contributed by atoms with van der Waals surface area (Å²) in [7, 11) is -5.07. The van der Waals surface area contributed by atoms with E-state index in [2.05, 4.69) is 66.6 Å². The van der Waals surface area contributed by atoms with Crippen molar-refractivity contribution in [1.82, 2.24) is 0 Å². The molecule has 0 saturated carbocycles. The van der Waals surface area contributed by atoms with E-state index < -0.39 is 59.8 Å². The summed E-state index contributed by atoms with van der Waals surface area (Å²) in [6.45, 7) is 3.92. The molecule has 0 aromatic rings. The largest absolute Gasteiger partial charge is 0.457 e. The van der Waals surface area contributed by atoms with Crippen LogP contribution in [-0.4, -0.2) is 97.5 Å². The second-order valence-corrected chi connectivity index (χ2v) is 17.7.